The lowest BCUT2D eigenvalue weighted by molar-refractivity contribution is -0.125. The van der Waals surface area contributed by atoms with E-state index in [0.717, 1.165) is 26.7 Å². The van der Waals surface area contributed by atoms with Crippen LogP contribution in [0.25, 0.3) is 10.6 Å². The molecule has 32 heavy (non-hydrogen) atoms. The molecule has 3 aromatic rings. The number of hydrogen-bond donors (Lipinski definition) is 1. The number of aromatic nitrogens is 1. The number of hydrogen-bond acceptors (Lipinski definition) is 6. The van der Waals surface area contributed by atoms with Gasteiger partial charge >= 0.3 is 0 Å². The van der Waals surface area contributed by atoms with Gasteiger partial charge in [0.25, 0.3) is 11.8 Å². The van der Waals surface area contributed by atoms with Gasteiger partial charge in [-0.15, -0.1) is 11.3 Å². The van der Waals surface area contributed by atoms with Crippen LogP contribution in [0.15, 0.2) is 53.9 Å². The lowest BCUT2D eigenvalue weighted by Crippen LogP contribution is -2.49. The number of fused-ring (bicyclic) bond motifs is 1. The van der Waals surface area contributed by atoms with Gasteiger partial charge in [0.1, 0.15) is 11.0 Å². The highest BCUT2D eigenvalue weighted by Gasteiger charge is 2.42. The number of nitrogens with zero attached hydrogens (tertiary/aromatic N) is 2. The Morgan fingerprint density at radius 2 is 1.69 bits per heavy atom. The molecule has 1 aromatic heterocycles. The fourth-order valence-electron chi connectivity index (χ4n) is 3.72. The highest BCUT2D eigenvalue weighted by Crippen LogP contribution is 2.28. The van der Waals surface area contributed by atoms with Crippen molar-refractivity contribution >= 4 is 40.8 Å². The van der Waals surface area contributed by atoms with Gasteiger partial charge in [0, 0.05) is 10.9 Å². The van der Waals surface area contributed by atoms with E-state index in [1.165, 1.54) is 11.3 Å². The van der Waals surface area contributed by atoms with Crippen LogP contribution in [0.2, 0.25) is 0 Å². The molecule has 0 aliphatic carbocycles. The number of carbonyl (C=O) groups excluding carboxylic acids is 3. The minimum Gasteiger partial charge on any atom is -0.349 e. The first kappa shape index (κ1) is 22.2. The summed E-state index contributed by atoms with van der Waals surface area (Å²) in [6.07, 6.45) is 2.32. The molecule has 1 N–H and O–H groups in total. The molecule has 0 fully saturated rings. The predicted molar refractivity (Wildman–Crippen MR) is 128 cm³/mol. The molecule has 0 radical (unpaired) electrons. The Hall–Kier alpha value is -2.97. The molecule has 0 saturated heterocycles. The van der Waals surface area contributed by atoms with Crippen LogP contribution in [0.1, 0.15) is 38.4 Å². The van der Waals surface area contributed by atoms with Gasteiger partial charge < -0.3 is 5.32 Å². The topological polar surface area (TPSA) is 79.4 Å². The van der Waals surface area contributed by atoms with Crippen LogP contribution in [-0.2, 0) is 11.3 Å². The zero-order valence-electron chi connectivity index (χ0n) is 17.8. The maximum atomic E-state index is 13.1. The van der Waals surface area contributed by atoms with Crippen LogP contribution in [0.4, 0.5) is 0 Å². The average molecular weight is 466 g/mol. The molecule has 6 nitrogen and oxygen atoms in total. The molecule has 4 rings (SSSR count). The van der Waals surface area contributed by atoms with E-state index in [4.69, 9.17) is 0 Å². The monoisotopic (exact) mass is 465 g/mol. The quantitative estimate of drug-likeness (QED) is 0.506. The van der Waals surface area contributed by atoms with Gasteiger partial charge in [-0.25, -0.2) is 4.98 Å². The number of rotatable bonds is 8. The lowest BCUT2D eigenvalue weighted by Gasteiger charge is -2.25. The minimum atomic E-state index is -0.857. The molecule has 1 aliphatic heterocycles. The fraction of sp³-hybridized carbons (Fsp3) is 0.250. The average Bonchev–Trinajstić information content (AvgIpc) is 3.37. The van der Waals surface area contributed by atoms with Crippen LogP contribution in [0.3, 0.4) is 0 Å². The Kier molecular flexibility index (Phi) is 6.72. The fourth-order valence-corrected chi connectivity index (χ4v) is 5.09. The van der Waals surface area contributed by atoms with Gasteiger partial charge in [0.05, 0.1) is 23.4 Å². The second-order valence-electron chi connectivity index (χ2n) is 7.50. The number of amides is 3. The lowest BCUT2D eigenvalue weighted by atomic mass is 10.1. The third kappa shape index (κ3) is 4.33. The summed E-state index contributed by atoms with van der Waals surface area (Å²) in [6, 6.07) is 13.9. The van der Waals surface area contributed by atoms with Crippen LogP contribution in [0.5, 0.6) is 0 Å². The van der Waals surface area contributed by atoms with E-state index < -0.39 is 17.9 Å². The number of imide groups is 1. The first-order valence-electron chi connectivity index (χ1n) is 10.2. The number of thioether (sulfide) groups is 1. The number of aryl methyl sites for hydroxylation is 1. The Balaban J connectivity index is 1.49. The van der Waals surface area contributed by atoms with Gasteiger partial charge in [-0.3, -0.25) is 19.3 Å². The number of thiazole rings is 1. The molecule has 1 unspecified atom stereocenters. The summed E-state index contributed by atoms with van der Waals surface area (Å²) in [6.45, 7) is 2.27. The van der Waals surface area contributed by atoms with Crippen molar-refractivity contribution in [2.24, 2.45) is 0 Å². The van der Waals surface area contributed by atoms with Gasteiger partial charge in [-0.1, -0.05) is 36.4 Å². The Bertz CT molecular complexity index is 1140. The zero-order valence-corrected chi connectivity index (χ0v) is 19.5. The van der Waals surface area contributed by atoms with Crippen LogP contribution in [-0.4, -0.2) is 45.7 Å². The molecule has 0 bridgehead atoms. The summed E-state index contributed by atoms with van der Waals surface area (Å²) < 4.78 is 0. The molecule has 1 aliphatic rings. The highest BCUT2D eigenvalue weighted by molar-refractivity contribution is 7.98. The molecule has 2 aromatic carbocycles. The maximum Gasteiger partial charge on any atom is 0.262 e. The summed E-state index contributed by atoms with van der Waals surface area (Å²) in [5.41, 5.74) is 3.65. The SMILES string of the molecule is CSCCC(C(=O)NCc1csc(-c2ccccc2C)n1)N1C(=O)c2ccccc2C1=O. The highest BCUT2D eigenvalue weighted by atomic mass is 32.2. The second kappa shape index (κ2) is 9.67. The van der Waals surface area contributed by atoms with Crippen molar-refractivity contribution in [2.75, 3.05) is 12.0 Å². The second-order valence-corrected chi connectivity index (χ2v) is 9.34. The first-order chi connectivity index (χ1) is 15.5. The Morgan fingerprint density at radius 3 is 2.31 bits per heavy atom. The Morgan fingerprint density at radius 1 is 1.06 bits per heavy atom. The third-order valence-electron chi connectivity index (χ3n) is 5.41. The van der Waals surface area contributed by atoms with E-state index in [-0.39, 0.29) is 12.5 Å². The van der Waals surface area contributed by atoms with Crippen LogP contribution < -0.4 is 5.32 Å². The predicted octanol–water partition coefficient (Wildman–Crippen LogP) is 4.15. The standard InChI is InChI=1S/C24H23N3O3S2/c1-15-7-3-4-8-17(15)22-26-16(14-32-22)13-25-21(28)20(11-12-31-2)27-23(29)18-9-5-6-10-19(18)24(27)30/h3-10,14,20H,11-13H2,1-2H3,(H,25,28). The van der Waals surface area contributed by atoms with Crippen molar-refractivity contribution < 1.29 is 14.4 Å². The molecule has 8 heteroatoms. The van der Waals surface area contributed by atoms with Crippen molar-refractivity contribution in [2.45, 2.75) is 25.9 Å². The summed E-state index contributed by atoms with van der Waals surface area (Å²) in [5, 5.41) is 5.69. The summed E-state index contributed by atoms with van der Waals surface area (Å²) in [7, 11) is 0. The molecule has 3 amide bonds. The van der Waals surface area contributed by atoms with Gasteiger partial charge in [-0.05, 0) is 43.0 Å². The maximum absolute atomic E-state index is 13.1. The van der Waals surface area contributed by atoms with Crippen LogP contribution >= 0.6 is 23.1 Å². The molecule has 0 saturated carbocycles. The third-order valence-corrected chi connectivity index (χ3v) is 6.97. The molecule has 164 valence electrons. The normalized spacial score (nSPS) is 13.9. The van der Waals surface area contributed by atoms with E-state index in [2.05, 4.69) is 10.3 Å². The van der Waals surface area contributed by atoms with Crippen molar-refractivity contribution in [3.8, 4) is 10.6 Å². The molecule has 1 atom stereocenters. The number of carbonyl (C=O) groups is 3. The van der Waals surface area contributed by atoms with Gasteiger partial charge in [0.15, 0.2) is 0 Å². The van der Waals surface area contributed by atoms with Crippen molar-refractivity contribution in [3.05, 3.63) is 76.3 Å². The molecular formula is C24H23N3O3S2. The number of benzene rings is 2. The molecule has 2 heterocycles. The summed E-state index contributed by atoms with van der Waals surface area (Å²) >= 11 is 3.09. The van der Waals surface area contributed by atoms with Gasteiger partial charge in [0.2, 0.25) is 5.91 Å². The van der Waals surface area contributed by atoms with Crippen LogP contribution in [0, 0.1) is 6.92 Å². The molecular weight excluding hydrogens is 442 g/mol. The number of nitrogens with one attached hydrogen (secondary N) is 1. The first-order valence-corrected chi connectivity index (χ1v) is 12.5. The van der Waals surface area contributed by atoms with E-state index in [1.807, 2.05) is 42.8 Å². The summed E-state index contributed by atoms with van der Waals surface area (Å²) in [4.78, 5) is 44.6. The van der Waals surface area contributed by atoms with Gasteiger partial charge in [-0.2, -0.15) is 11.8 Å². The van der Waals surface area contributed by atoms with Crippen molar-refractivity contribution in [1.29, 1.82) is 0 Å². The summed E-state index contributed by atoms with van der Waals surface area (Å²) in [5.74, 6) is -0.525. The van der Waals surface area contributed by atoms with Crippen molar-refractivity contribution in [1.82, 2.24) is 15.2 Å². The largest absolute Gasteiger partial charge is 0.349 e. The minimum absolute atomic E-state index is 0.236. The van der Waals surface area contributed by atoms with E-state index >= 15 is 0 Å². The molecule has 0 spiro atoms. The zero-order chi connectivity index (χ0) is 22.7. The Labute approximate surface area is 195 Å². The van der Waals surface area contributed by atoms with E-state index in [1.54, 1.807) is 36.0 Å². The smallest absolute Gasteiger partial charge is 0.262 e. The van der Waals surface area contributed by atoms with E-state index in [9.17, 15) is 14.4 Å². The van der Waals surface area contributed by atoms with Crippen molar-refractivity contribution in [3.63, 3.8) is 0 Å². The van der Waals surface area contributed by atoms with E-state index in [0.29, 0.717) is 23.3 Å².